The van der Waals surface area contributed by atoms with E-state index in [0.717, 1.165) is 10.8 Å². The maximum atomic E-state index is 14.5. The third-order valence-corrected chi connectivity index (χ3v) is 9.81. The molecule has 19 heteroatoms. The van der Waals surface area contributed by atoms with Crippen molar-refractivity contribution in [3.8, 4) is 5.75 Å². The van der Waals surface area contributed by atoms with E-state index in [1.54, 1.807) is 12.1 Å². The summed E-state index contributed by atoms with van der Waals surface area (Å²) in [5, 5.41) is 36.4. The molecule has 4 rings (SSSR count). The Balaban J connectivity index is 1.71. The Hall–Kier alpha value is -6.60. The van der Waals surface area contributed by atoms with Crippen molar-refractivity contribution < 1.29 is 43.8 Å². The Morgan fingerprint density at radius 2 is 1.58 bits per heavy atom. The van der Waals surface area contributed by atoms with E-state index in [2.05, 4.69) is 36.9 Å². The molecule has 0 aliphatic carbocycles. The molecule has 19 nitrogen and oxygen atoms in total. The highest BCUT2D eigenvalue weighted by atomic mass is 16.3. The first-order valence-corrected chi connectivity index (χ1v) is 19.1. The highest BCUT2D eigenvalue weighted by molar-refractivity contribution is 5.95. The van der Waals surface area contributed by atoms with Crippen molar-refractivity contribution in [2.24, 2.45) is 16.5 Å². The van der Waals surface area contributed by atoms with Crippen LogP contribution in [0.4, 0.5) is 0 Å². The van der Waals surface area contributed by atoms with Gasteiger partial charge in [0.1, 0.15) is 24.4 Å². The van der Waals surface area contributed by atoms with Crippen molar-refractivity contribution in [2.45, 2.75) is 62.3 Å². The lowest BCUT2D eigenvalue weighted by Crippen LogP contribution is -2.68. The highest BCUT2D eigenvalue weighted by Gasteiger charge is 2.43. The average Bonchev–Trinajstić information content (AvgIpc) is 3.22. The first-order valence-electron chi connectivity index (χ1n) is 19.1. The molecule has 0 spiro atoms. The summed E-state index contributed by atoms with van der Waals surface area (Å²) in [6.45, 7) is -1.64. The summed E-state index contributed by atoms with van der Waals surface area (Å²) in [4.78, 5) is 98.4. The second-order valence-electron chi connectivity index (χ2n) is 14.2. The molecule has 1 fully saturated rings. The smallest absolute Gasteiger partial charge is 0.246 e. The van der Waals surface area contributed by atoms with E-state index in [0.29, 0.717) is 17.4 Å². The van der Waals surface area contributed by atoms with E-state index < -0.39 is 78.9 Å². The van der Waals surface area contributed by atoms with Gasteiger partial charge in [-0.1, -0.05) is 54.6 Å². The predicted octanol–water partition coefficient (Wildman–Crippen LogP) is -2.20. The molecule has 1 aliphatic heterocycles. The van der Waals surface area contributed by atoms with Gasteiger partial charge in [-0.3, -0.25) is 43.5 Å². The van der Waals surface area contributed by atoms with E-state index >= 15 is 0 Å². The molecule has 12 N–H and O–H groups in total. The van der Waals surface area contributed by atoms with Crippen molar-refractivity contribution in [1.82, 2.24) is 36.8 Å². The molecule has 1 saturated heterocycles. The monoisotopic (exact) mass is 816 g/mol. The Labute approximate surface area is 340 Å². The molecular formula is C40H52N10O9. The minimum Gasteiger partial charge on any atom is -0.508 e. The molecule has 0 radical (unpaired) electrons. The zero-order valence-electron chi connectivity index (χ0n) is 32.7. The van der Waals surface area contributed by atoms with Crippen molar-refractivity contribution in [3.63, 3.8) is 0 Å². The summed E-state index contributed by atoms with van der Waals surface area (Å²) in [5.74, 6) is -4.39. The number of nitrogens with one attached hydrogen (secondary N) is 6. The number of nitrogens with zero attached hydrogens (tertiary/aromatic N) is 2. The zero-order chi connectivity index (χ0) is 43.0. The van der Waals surface area contributed by atoms with Crippen LogP contribution in [-0.2, 0) is 46.4 Å². The minimum atomic E-state index is -1.92. The number of hydrogen-bond donors (Lipinski definition) is 10. The SMILES string of the molecule is CN1[C@H](CCCNC(=O)CNC(=O)CO)C(=O)N[C@@H](CCCN=C(N)N)C(=O)N[C@@H](Cc2ccc3ccccc3c2)C(=O)NCC(=O)N[C@]1(C=O)Cc1ccc(O)cc1. The van der Waals surface area contributed by atoms with Crippen LogP contribution < -0.4 is 43.4 Å². The minimum absolute atomic E-state index is 0.0175. The van der Waals surface area contributed by atoms with Gasteiger partial charge < -0.3 is 53.6 Å². The van der Waals surface area contributed by atoms with Gasteiger partial charge in [0.15, 0.2) is 17.9 Å². The summed E-state index contributed by atoms with van der Waals surface area (Å²) in [6, 6.07) is 15.5. The number of likely N-dealkylation sites (N-methyl/N-ethyl adjacent to an activating group) is 1. The predicted molar refractivity (Wildman–Crippen MR) is 217 cm³/mol. The number of rotatable bonds is 16. The fourth-order valence-corrected chi connectivity index (χ4v) is 6.64. The molecule has 316 valence electrons. The summed E-state index contributed by atoms with van der Waals surface area (Å²) in [5.41, 5.74) is 10.3. The number of fused-ring (bicyclic) bond motifs is 1. The molecule has 3 aromatic carbocycles. The van der Waals surface area contributed by atoms with E-state index in [-0.39, 0.29) is 63.3 Å². The lowest BCUT2D eigenvalue weighted by atomic mass is 9.95. The lowest BCUT2D eigenvalue weighted by Gasteiger charge is -2.42. The topological polar surface area (TPSA) is 300 Å². The third-order valence-electron chi connectivity index (χ3n) is 9.81. The second kappa shape index (κ2) is 21.8. The number of phenolic OH excluding ortho intramolecular Hbond substituents is 1. The largest absolute Gasteiger partial charge is 0.508 e. The number of aliphatic hydroxyl groups is 1. The van der Waals surface area contributed by atoms with E-state index in [1.165, 1.54) is 24.1 Å². The number of phenols is 1. The van der Waals surface area contributed by atoms with Gasteiger partial charge in [-0.05, 0) is 66.8 Å². The Morgan fingerprint density at radius 3 is 2.27 bits per heavy atom. The summed E-state index contributed by atoms with van der Waals surface area (Å²) in [6.07, 6.45) is 0.717. The quantitative estimate of drug-likeness (QED) is 0.0319. The Bertz CT molecular complexity index is 2010. The third kappa shape index (κ3) is 13.5. The van der Waals surface area contributed by atoms with Crippen LogP contribution in [0.1, 0.15) is 36.8 Å². The maximum absolute atomic E-state index is 14.5. The molecule has 1 heterocycles. The van der Waals surface area contributed by atoms with E-state index in [1.807, 2.05) is 42.5 Å². The number of aliphatic imine (C=N–C) groups is 1. The van der Waals surface area contributed by atoms with Crippen LogP contribution in [0, 0.1) is 0 Å². The number of nitrogens with two attached hydrogens (primary N) is 2. The number of amides is 6. The van der Waals surface area contributed by atoms with Gasteiger partial charge in [0.2, 0.25) is 35.4 Å². The van der Waals surface area contributed by atoms with Crippen molar-refractivity contribution in [1.29, 1.82) is 0 Å². The zero-order valence-corrected chi connectivity index (χ0v) is 32.7. The molecule has 1 aliphatic rings. The number of aldehydes is 1. The summed E-state index contributed by atoms with van der Waals surface area (Å²) < 4.78 is 0. The summed E-state index contributed by atoms with van der Waals surface area (Å²) >= 11 is 0. The van der Waals surface area contributed by atoms with Crippen LogP contribution in [-0.4, -0.2) is 126 Å². The van der Waals surface area contributed by atoms with Gasteiger partial charge in [-0.15, -0.1) is 0 Å². The van der Waals surface area contributed by atoms with Crippen molar-refractivity contribution in [2.75, 3.05) is 39.8 Å². The molecule has 4 atom stereocenters. The average molecular weight is 817 g/mol. The number of carbonyl (C=O) groups excluding carboxylic acids is 7. The van der Waals surface area contributed by atoms with Crippen LogP contribution >= 0.6 is 0 Å². The van der Waals surface area contributed by atoms with Crippen LogP contribution in [0.15, 0.2) is 71.7 Å². The van der Waals surface area contributed by atoms with Gasteiger partial charge >= 0.3 is 0 Å². The fraction of sp³-hybridized carbons (Fsp3) is 0.400. The second-order valence-corrected chi connectivity index (χ2v) is 14.2. The standard InChI is InChI=1S/C40H52N10O9/c1-50-32(9-5-16-43-33(54)21-45-35(56)23-51)38(59)47-30(8-4-17-44-39(41)42)37(58)48-31(19-26-10-13-27-6-2-3-7-28(27)18-26)36(57)46-22-34(55)49-40(50,24-52)20-25-11-14-29(53)15-12-25/h2-3,6-7,10-15,18,24,30-32,51,53H,4-5,8-9,16-17,19-23H2,1H3,(H,43,54)(H,45,56)(H,46,57)(H,47,59)(H,48,58)(H,49,55)(H4,41,42,44)/t30-,31-,32+,40+/m0/s1. The molecule has 6 amide bonds. The normalized spacial score (nSPS) is 20.5. The van der Waals surface area contributed by atoms with Gasteiger partial charge in [-0.25, -0.2) is 0 Å². The number of benzene rings is 3. The molecule has 3 aromatic rings. The van der Waals surface area contributed by atoms with Gasteiger partial charge in [0, 0.05) is 25.9 Å². The molecule has 0 aromatic heterocycles. The first kappa shape index (κ1) is 45.1. The number of aliphatic hydroxyl groups excluding tert-OH is 1. The Kier molecular flexibility index (Phi) is 16.7. The van der Waals surface area contributed by atoms with Crippen molar-refractivity contribution >= 4 is 58.5 Å². The van der Waals surface area contributed by atoms with Crippen LogP contribution in [0.5, 0.6) is 5.75 Å². The van der Waals surface area contributed by atoms with Gasteiger partial charge in [-0.2, -0.15) is 0 Å². The van der Waals surface area contributed by atoms with Crippen LogP contribution in [0.25, 0.3) is 10.8 Å². The molecule has 0 unspecified atom stereocenters. The van der Waals surface area contributed by atoms with E-state index in [4.69, 9.17) is 16.6 Å². The number of hydrogen-bond acceptors (Lipinski definition) is 11. The number of aromatic hydroxyl groups is 1. The van der Waals surface area contributed by atoms with Gasteiger partial charge in [0.25, 0.3) is 0 Å². The lowest BCUT2D eigenvalue weighted by molar-refractivity contribution is -0.141. The van der Waals surface area contributed by atoms with Crippen LogP contribution in [0.2, 0.25) is 0 Å². The molecule has 59 heavy (non-hydrogen) atoms. The first-order chi connectivity index (χ1) is 28.2. The van der Waals surface area contributed by atoms with Crippen LogP contribution in [0.3, 0.4) is 0 Å². The van der Waals surface area contributed by atoms with E-state index in [9.17, 15) is 38.7 Å². The molecule has 0 bridgehead atoms. The molecular weight excluding hydrogens is 765 g/mol. The van der Waals surface area contributed by atoms with Gasteiger partial charge in [0.05, 0.1) is 19.1 Å². The Morgan fingerprint density at radius 1 is 0.881 bits per heavy atom. The fourth-order valence-electron chi connectivity index (χ4n) is 6.64. The highest BCUT2D eigenvalue weighted by Crippen LogP contribution is 2.23. The number of guanidine groups is 1. The van der Waals surface area contributed by atoms with Crippen molar-refractivity contribution in [3.05, 3.63) is 77.9 Å². The maximum Gasteiger partial charge on any atom is 0.246 e. The number of carbonyl (C=O) groups is 7. The summed E-state index contributed by atoms with van der Waals surface area (Å²) in [7, 11) is 1.44. The molecule has 0 saturated carbocycles.